The maximum Gasteiger partial charge on any atom is 0.378 e. The van der Waals surface area contributed by atoms with Gasteiger partial charge >= 0.3 is 11.9 Å². The normalized spacial score (nSPS) is 17.8. The van der Waals surface area contributed by atoms with Crippen molar-refractivity contribution in [3.63, 3.8) is 0 Å². The molecular weight excluding hydrogens is 424 g/mol. The molecule has 7 nitrogen and oxygen atoms in total. The zero-order valence-electron chi connectivity index (χ0n) is 19.5. The van der Waals surface area contributed by atoms with Crippen molar-refractivity contribution >= 4 is 11.9 Å². The molecule has 184 valence electrons. The maximum absolute atomic E-state index is 11.9. The molecule has 1 aliphatic rings. The Morgan fingerprint density at radius 1 is 0.970 bits per heavy atom. The van der Waals surface area contributed by atoms with Crippen LogP contribution in [0.5, 0.6) is 0 Å². The lowest BCUT2D eigenvalue weighted by atomic mass is 10.2. The van der Waals surface area contributed by atoms with Crippen LogP contribution in [0.4, 0.5) is 0 Å². The van der Waals surface area contributed by atoms with Crippen molar-refractivity contribution in [2.24, 2.45) is 0 Å². The highest BCUT2D eigenvalue weighted by Crippen LogP contribution is 2.25. The molecule has 1 aliphatic heterocycles. The van der Waals surface area contributed by atoms with Gasteiger partial charge in [0.15, 0.2) is 6.10 Å². The number of hydrogen-bond donors (Lipinski definition) is 3. The van der Waals surface area contributed by atoms with Gasteiger partial charge in [0.1, 0.15) is 6.10 Å². The second-order valence-corrected chi connectivity index (χ2v) is 7.74. The van der Waals surface area contributed by atoms with E-state index in [2.05, 4.69) is 43.4 Å². The fourth-order valence-corrected chi connectivity index (χ4v) is 3.01. The molecule has 7 heteroatoms. The van der Waals surface area contributed by atoms with Crippen LogP contribution in [0.25, 0.3) is 0 Å². The van der Waals surface area contributed by atoms with Crippen LogP contribution >= 0.6 is 0 Å². The van der Waals surface area contributed by atoms with Crippen LogP contribution in [0.15, 0.2) is 60.1 Å². The summed E-state index contributed by atoms with van der Waals surface area (Å²) in [4.78, 5) is 23.3. The Labute approximate surface area is 196 Å². The van der Waals surface area contributed by atoms with Crippen molar-refractivity contribution in [2.45, 2.75) is 83.3 Å². The van der Waals surface area contributed by atoms with Gasteiger partial charge < -0.3 is 24.8 Å². The van der Waals surface area contributed by atoms with Gasteiger partial charge in [0.05, 0.1) is 6.61 Å². The Kier molecular flexibility index (Phi) is 15.4. The van der Waals surface area contributed by atoms with Crippen LogP contribution in [0.2, 0.25) is 0 Å². The highest BCUT2D eigenvalue weighted by atomic mass is 16.6. The lowest BCUT2D eigenvalue weighted by molar-refractivity contribution is -0.151. The number of unbranched alkanes of at least 4 members (excludes halogenated alkanes) is 4. The largest absolute Gasteiger partial charge is 0.499 e. The number of carbonyl (C=O) groups is 2. The minimum Gasteiger partial charge on any atom is -0.499 e. The summed E-state index contributed by atoms with van der Waals surface area (Å²) in [7, 11) is 0. The van der Waals surface area contributed by atoms with Crippen LogP contribution in [-0.4, -0.2) is 46.1 Å². The summed E-state index contributed by atoms with van der Waals surface area (Å²) < 4.78 is 9.69. The van der Waals surface area contributed by atoms with Gasteiger partial charge in [0, 0.05) is 6.42 Å². The standard InChI is InChI=1S/C26H38O7/c1-2-3-4-5-6-7-8-9-10-11-12-13-14-15-16-17-18-19-22(29)32-25-23(30)26(31)33-24(25)21(28)20-27/h6-7,9-10,12-13,15-16,21,24,27-28,30H,2-5,8,11,14,17-20H2,1H3/b7-6-,10-9-,13-12-,16-15-/t21-,24+/m0/s1. The number of rotatable bonds is 17. The van der Waals surface area contributed by atoms with Gasteiger partial charge in [-0.15, -0.1) is 0 Å². The lowest BCUT2D eigenvalue weighted by Gasteiger charge is -2.17. The summed E-state index contributed by atoms with van der Waals surface area (Å²) in [6.45, 7) is 1.50. The third-order valence-corrected chi connectivity index (χ3v) is 4.89. The molecular formula is C26H38O7. The quantitative estimate of drug-likeness (QED) is 0.163. The summed E-state index contributed by atoms with van der Waals surface area (Å²) in [5.74, 6) is -3.07. The van der Waals surface area contributed by atoms with Gasteiger partial charge in [-0.2, -0.15) is 0 Å². The van der Waals surface area contributed by atoms with E-state index in [1.165, 1.54) is 25.7 Å². The Bertz CT molecular complexity index is 731. The minimum absolute atomic E-state index is 0.0743. The number of aliphatic hydroxyl groups excluding tert-OH is 3. The van der Waals surface area contributed by atoms with E-state index in [9.17, 15) is 19.8 Å². The average Bonchev–Trinajstić information content (AvgIpc) is 3.09. The average molecular weight is 463 g/mol. The van der Waals surface area contributed by atoms with E-state index in [-0.39, 0.29) is 6.42 Å². The monoisotopic (exact) mass is 462 g/mol. The smallest absolute Gasteiger partial charge is 0.378 e. The van der Waals surface area contributed by atoms with Crippen LogP contribution in [-0.2, 0) is 19.1 Å². The Hall–Kier alpha value is -2.64. The molecule has 0 spiro atoms. The van der Waals surface area contributed by atoms with Crippen LogP contribution < -0.4 is 0 Å². The zero-order valence-corrected chi connectivity index (χ0v) is 19.5. The van der Waals surface area contributed by atoms with Crippen molar-refractivity contribution in [3.8, 4) is 0 Å². The van der Waals surface area contributed by atoms with E-state index < -0.39 is 42.3 Å². The number of aliphatic hydroxyl groups is 3. The summed E-state index contributed by atoms with van der Waals surface area (Å²) >= 11 is 0. The molecule has 3 N–H and O–H groups in total. The van der Waals surface area contributed by atoms with E-state index in [1.54, 1.807) is 0 Å². The van der Waals surface area contributed by atoms with Crippen LogP contribution in [0.3, 0.4) is 0 Å². The van der Waals surface area contributed by atoms with Gasteiger partial charge in [-0.1, -0.05) is 68.4 Å². The van der Waals surface area contributed by atoms with Crippen molar-refractivity contribution in [1.29, 1.82) is 0 Å². The first kappa shape index (κ1) is 28.4. The first-order valence-electron chi connectivity index (χ1n) is 11.7. The molecule has 1 rings (SSSR count). The molecule has 0 bridgehead atoms. The van der Waals surface area contributed by atoms with E-state index in [0.717, 1.165) is 19.3 Å². The van der Waals surface area contributed by atoms with Gasteiger partial charge in [0.25, 0.3) is 0 Å². The predicted molar refractivity (Wildman–Crippen MR) is 127 cm³/mol. The Morgan fingerprint density at radius 2 is 1.52 bits per heavy atom. The molecule has 33 heavy (non-hydrogen) atoms. The number of esters is 2. The number of cyclic esters (lactones) is 1. The lowest BCUT2D eigenvalue weighted by Crippen LogP contribution is -2.33. The van der Waals surface area contributed by atoms with Gasteiger partial charge in [0.2, 0.25) is 11.5 Å². The van der Waals surface area contributed by atoms with E-state index >= 15 is 0 Å². The molecule has 0 saturated carbocycles. The Balaban J connectivity index is 2.14. The fourth-order valence-electron chi connectivity index (χ4n) is 3.01. The summed E-state index contributed by atoms with van der Waals surface area (Å²) in [6, 6.07) is 0. The minimum atomic E-state index is -1.48. The van der Waals surface area contributed by atoms with Crippen molar-refractivity contribution in [3.05, 3.63) is 60.1 Å². The van der Waals surface area contributed by atoms with Gasteiger partial charge in [-0.25, -0.2) is 4.79 Å². The molecule has 0 aromatic carbocycles. The number of hydrogen-bond acceptors (Lipinski definition) is 7. The maximum atomic E-state index is 11.9. The number of ether oxygens (including phenoxy) is 2. The van der Waals surface area contributed by atoms with Crippen molar-refractivity contribution in [2.75, 3.05) is 6.61 Å². The molecule has 0 amide bonds. The second kappa shape index (κ2) is 17.9. The second-order valence-electron chi connectivity index (χ2n) is 7.74. The summed E-state index contributed by atoms with van der Waals surface area (Å²) in [6.07, 6.45) is 23.1. The molecule has 0 aromatic rings. The Morgan fingerprint density at radius 3 is 2.06 bits per heavy atom. The van der Waals surface area contributed by atoms with Gasteiger partial charge in [-0.3, -0.25) is 4.79 Å². The highest BCUT2D eigenvalue weighted by Gasteiger charge is 2.41. The van der Waals surface area contributed by atoms with Crippen LogP contribution in [0, 0.1) is 0 Å². The van der Waals surface area contributed by atoms with Crippen molar-refractivity contribution in [1.82, 2.24) is 0 Å². The fraction of sp³-hybridized carbons (Fsp3) is 0.538. The highest BCUT2D eigenvalue weighted by molar-refractivity contribution is 5.90. The summed E-state index contributed by atoms with van der Waals surface area (Å²) in [5.41, 5.74) is 0. The number of allylic oxidation sites excluding steroid dienone is 8. The molecule has 0 radical (unpaired) electrons. The third kappa shape index (κ3) is 12.2. The molecule has 0 saturated heterocycles. The molecule has 0 unspecified atom stereocenters. The first-order valence-corrected chi connectivity index (χ1v) is 11.7. The van der Waals surface area contributed by atoms with Crippen LogP contribution in [0.1, 0.15) is 71.1 Å². The SMILES string of the molecule is CCCCC/C=C\C/C=C\C/C=C\C/C=C\CCCC(=O)OC1=C(O)C(=O)O[C@@H]1[C@@H](O)CO. The third-order valence-electron chi connectivity index (χ3n) is 4.89. The van der Waals surface area contributed by atoms with Gasteiger partial charge in [-0.05, 0) is 44.9 Å². The topological polar surface area (TPSA) is 113 Å². The molecule has 2 atom stereocenters. The van der Waals surface area contributed by atoms with Crippen molar-refractivity contribution < 1.29 is 34.4 Å². The zero-order chi connectivity index (χ0) is 24.3. The van der Waals surface area contributed by atoms with E-state index in [4.69, 9.17) is 14.6 Å². The van der Waals surface area contributed by atoms with E-state index in [0.29, 0.717) is 12.8 Å². The first-order chi connectivity index (χ1) is 16.0. The van der Waals surface area contributed by atoms with E-state index in [1.807, 2.05) is 12.2 Å². The number of carbonyl (C=O) groups excluding carboxylic acids is 2. The molecule has 0 aromatic heterocycles. The predicted octanol–water partition coefficient (Wildman–Crippen LogP) is 4.72. The molecule has 0 aliphatic carbocycles. The summed E-state index contributed by atoms with van der Waals surface area (Å²) in [5, 5.41) is 28.3. The molecule has 1 heterocycles. The molecule has 0 fully saturated rings.